The minimum atomic E-state index is -1.27. The summed E-state index contributed by atoms with van der Waals surface area (Å²) in [4.78, 5) is 58.4. The number of hydrogen-bond donors (Lipinski definition) is 1. The second kappa shape index (κ2) is 12.3. The van der Waals surface area contributed by atoms with Gasteiger partial charge in [-0.15, -0.1) is 0 Å². The molecule has 0 amide bonds. The van der Waals surface area contributed by atoms with Crippen molar-refractivity contribution in [2.24, 2.45) is 0 Å². The zero-order valence-electron chi connectivity index (χ0n) is 21.2. The van der Waals surface area contributed by atoms with Gasteiger partial charge in [-0.05, 0) is 28.8 Å². The maximum absolute atomic E-state index is 12.0. The van der Waals surface area contributed by atoms with Crippen molar-refractivity contribution >= 4 is 30.2 Å². The van der Waals surface area contributed by atoms with Gasteiger partial charge in [-0.2, -0.15) is 0 Å². The minimum absolute atomic E-state index is 0.155. The Balaban J connectivity index is 2.03. The SMILES string of the molecule is CC(=O)OC[C@H]1O[C@@H](c2ccc(-c3ccc(C=O)c(O)c3)cc2)[C@H](OC(C)=O)[C@@H](OC(C)=O)[C@@H]1OC(C)=O. The largest absolute Gasteiger partial charge is 0.507 e. The molecule has 0 saturated carbocycles. The van der Waals surface area contributed by atoms with Gasteiger partial charge >= 0.3 is 23.9 Å². The number of phenols is 1. The highest BCUT2D eigenvalue weighted by Gasteiger charge is 2.52. The Kier molecular flexibility index (Phi) is 9.19. The predicted octanol–water partition coefficient (Wildman–Crippen LogP) is 2.67. The van der Waals surface area contributed by atoms with Crippen LogP contribution in [0.15, 0.2) is 42.5 Å². The number of rotatable bonds is 8. The monoisotopic (exact) mass is 528 g/mol. The third-order valence-corrected chi connectivity index (χ3v) is 5.72. The van der Waals surface area contributed by atoms with Crippen molar-refractivity contribution in [1.29, 1.82) is 0 Å². The van der Waals surface area contributed by atoms with Gasteiger partial charge in [-0.1, -0.05) is 30.3 Å². The third kappa shape index (κ3) is 6.94. The number of esters is 4. The highest BCUT2D eigenvalue weighted by atomic mass is 16.7. The van der Waals surface area contributed by atoms with Crippen LogP contribution in [0.3, 0.4) is 0 Å². The van der Waals surface area contributed by atoms with Crippen LogP contribution in [0.25, 0.3) is 11.1 Å². The third-order valence-electron chi connectivity index (χ3n) is 5.72. The molecule has 0 radical (unpaired) electrons. The molecule has 202 valence electrons. The molecule has 1 saturated heterocycles. The molecule has 5 atom stereocenters. The molecule has 11 heteroatoms. The first-order valence-corrected chi connectivity index (χ1v) is 11.7. The number of ether oxygens (including phenoxy) is 5. The van der Waals surface area contributed by atoms with Crippen LogP contribution in [-0.4, -0.2) is 66.3 Å². The zero-order chi connectivity index (χ0) is 28.0. The normalized spacial score (nSPS) is 22.6. The quantitative estimate of drug-likeness (QED) is 0.306. The van der Waals surface area contributed by atoms with Crippen LogP contribution in [0, 0.1) is 0 Å². The average molecular weight is 529 g/mol. The number of hydrogen-bond acceptors (Lipinski definition) is 11. The van der Waals surface area contributed by atoms with E-state index >= 15 is 0 Å². The molecule has 0 aliphatic carbocycles. The lowest BCUT2D eigenvalue weighted by atomic mass is 9.89. The molecule has 2 aromatic rings. The van der Waals surface area contributed by atoms with Crippen LogP contribution in [0.4, 0.5) is 0 Å². The van der Waals surface area contributed by atoms with E-state index in [2.05, 4.69) is 0 Å². The van der Waals surface area contributed by atoms with E-state index in [0.29, 0.717) is 23.0 Å². The van der Waals surface area contributed by atoms with Gasteiger partial charge in [-0.3, -0.25) is 24.0 Å². The number of carbonyl (C=O) groups is 5. The Labute approximate surface area is 218 Å². The van der Waals surface area contributed by atoms with Gasteiger partial charge in [0.15, 0.2) is 24.6 Å². The molecule has 0 aromatic heterocycles. The highest BCUT2D eigenvalue weighted by Crippen LogP contribution is 2.38. The lowest BCUT2D eigenvalue weighted by molar-refractivity contribution is -0.254. The molecule has 1 fully saturated rings. The molecule has 11 nitrogen and oxygen atoms in total. The summed E-state index contributed by atoms with van der Waals surface area (Å²) in [5, 5.41) is 10.0. The van der Waals surface area contributed by atoms with E-state index < -0.39 is 54.4 Å². The zero-order valence-corrected chi connectivity index (χ0v) is 21.2. The summed E-state index contributed by atoms with van der Waals surface area (Å²) in [6.07, 6.45) is -5.24. The fourth-order valence-corrected chi connectivity index (χ4v) is 4.18. The van der Waals surface area contributed by atoms with Crippen LogP contribution in [-0.2, 0) is 42.9 Å². The minimum Gasteiger partial charge on any atom is -0.507 e. The van der Waals surface area contributed by atoms with Crippen LogP contribution < -0.4 is 0 Å². The first-order valence-electron chi connectivity index (χ1n) is 11.7. The highest BCUT2D eigenvalue weighted by molar-refractivity contribution is 5.81. The van der Waals surface area contributed by atoms with Gasteiger partial charge in [0, 0.05) is 27.7 Å². The van der Waals surface area contributed by atoms with E-state index in [9.17, 15) is 29.1 Å². The molecule has 1 heterocycles. The van der Waals surface area contributed by atoms with Crippen molar-refractivity contribution in [2.45, 2.75) is 58.2 Å². The number of aromatic hydroxyl groups is 1. The van der Waals surface area contributed by atoms with E-state index in [1.54, 1.807) is 30.3 Å². The number of aldehydes is 1. The lowest BCUT2D eigenvalue weighted by Gasteiger charge is -2.44. The maximum atomic E-state index is 12.0. The fraction of sp³-hybridized carbons (Fsp3) is 0.370. The Bertz CT molecular complexity index is 1200. The predicted molar refractivity (Wildman–Crippen MR) is 130 cm³/mol. The molecule has 0 bridgehead atoms. The second-order valence-electron chi connectivity index (χ2n) is 8.63. The second-order valence-corrected chi connectivity index (χ2v) is 8.63. The summed E-state index contributed by atoms with van der Waals surface area (Å²) in [5.74, 6) is -2.89. The van der Waals surface area contributed by atoms with Gasteiger partial charge in [0.25, 0.3) is 0 Å². The van der Waals surface area contributed by atoms with E-state index in [-0.39, 0.29) is 17.9 Å². The summed E-state index contributed by atoms with van der Waals surface area (Å²) >= 11 is 0. The van der Waals surface area contributed by atoms with Crippen molar-refractivity contribution in [3.05, 3.63) is 53.6 Å². The van der Waals surface area contributed by atoms with E-state index in [1.807, 2.05) is 0 Å². The Morgan fingerprint density at radius 2 is 1.34 bits per heavy atom. The molecule has 1 aliphatic rings. The molecule has 2 aromatic carbocycles. The van der Waals surface area contributed by atoms with Crippen molar-refractivity contribution < 1.29 is 52.8 Å². The first kappa shape index (κ1) is 28.3. The van der Waals surface area contributed by atoms with Crippen LogP contribution in [0.1, 0.15) is 49.7 Å². The molecule has 3 rings (SSSR count). The Hall–Kier alpha value is -4.25. The van der Waals surface area contributed by atoms with Crippen LogP contribution in [0.5, 0.6) is 5.75 Å². The number of carbonyl (C=O) groups excluding carboxylic acids is 5. The van der Waals surface area contributed by atoms with Crippen LogP contribution >= 0.6 is 0 Å². The summed E-state index contributed by atoms with van der Waals surface area (Å²) in [5.41, 5.74) is 2.01. The van der Waals surface area contributed by atoms with Crippen molar-refractivity contribution in [3.8, 4) is 16.9 Å². The summed E-state index contributed by atoms with van der Waals surface area (Å²) in [7, 11) is 0. The van der Waals surface area contributed by atoms with E-state index in [4.69, 9.17) is 23.7 Å². The summed E-state index contributed by atoms with van der Waals surface area (Å²) in [6, 6.07) is 11.4. The molecule has 0 unspecified atom stereocenters. The first-order chi connectivity index (χ1) is 18.0. The van der Waals surface area contributed by atoms with Gasteiger partial charge in [0.2, 0.25) is 0 Å². The molecular formula is C27H28O11. The average Bonchev–Trinajstić information content (AvgIpc) is 2.84. The summed E-state index contributed by atoms with van der Waals surface area (Å²) < 4.78 is 27.6. The Morgan fingerprint density at radius 3 is 1.87 bits per heavy atom. The topological polar surface area (TPSA) is 152 Å². The molecule has 38 heavy (non-hydrogen) atoms. The van der Waals surface area contributed by atoms with Crippen molar-refractivity contribution in [3.63, 3.8) is 0 Å². The van der Waals surface area contributed by atoms with Crippen molar-refractivity contribution in [1.82, 2.24) is 0 Å². The number of benzene rings is 2. The van der Waals surface area contributed by atoms with E-state index in [1.165, 1.54) is 26.0 Å². The molecule has 1 N–H and O–H groups in total. The van der Waals surface area contributed by atoms with Gasteiger partial charge in [0.1, 0.15) is 24.6 Å². The standard InChI is InChI=1S/C27H28O11/c1-14(29)34-13-23-25(35-15(2)30)27(37-17(4)32)26(36-16(3)31)24(38-23)19-7-5-18(6-8-19)20-9-10-21(12-28)22(33)11-20/h5-12,23-27,33H,13H2,1-4H3/t23-,24+,25-,26+,27+/m1/s1. The lowest BCUT2D eigenvalue weighted by Crippen LogP contribution is -2.59. The Morgan fingerprint density at radius 1 is 0.789 bits per heavy atom. The van der Waals surface area contributed by atoms with Gasteiger partial charge in [-0.25, -0.2) is 0 Å². The van der Waals surface area contributed by atoms with Gasteiger partial charge in [0.05, 0.1) is 5.56 Å². The van der Waals surface area contributed by atoms with E-state index in [0.717, 1.165) is 13.8 Å². The molecule has 0 spiro atoms. The van der Waals surface area contributed by atoms with Crippen molar-refractivity contribution in [2.75, 3.05) is 6.61 Å². The molecule has 1 aliphatic heterocycles. The summed E-state index contributed by atoms with van der Waals surface area (Å²) in [6.45, 7) is 4.35. The van der Waals surface area contributed by atoms with Crippen LogP contribution in [0.2, 0.25) is 0 Å². The van der Waals surface area contributed by atoms with Gasteiger partial charge < -0.3 is 28.8 Å². The molecular weight excluding hydrogens is 500 g/mol. The fourth-order valence-electron chi connectivity index (χ4n) is 4.18. The smallest absolute Gasteiger partial charge is 0.303 e. The number of phenolic OH excluding ortho intramolecular Hbond substituents is 1. The maximum Gasteiger partial charge on any atom is 0.303 e.